The normalized spacial score (nSPS) is 15.1. The predicted octanol–water partition coefficient (Wildman–Crippen LogP) is 3.39. The highest BCUT2D eigenvalue weighted by Gasteiger charge is 2.30. The summed E-state index contributed by atoms with van der Waals surface area (Å²) < 4.78 is 44.3. The average molecular weight is 473 g/mol. The number of piperazine rings is 1. The zero-order valence-electron chi connectivity index (χ0n) is 19.2. The van der Waals surface area contributed by atoms with E-state index in [0.717, 1.165) is 11.4 Å². The molecule has 176 valence electrons. The van der Waals surface area contributed by atoms with Crippen LogP contribution in [0.15, 0.2) is 51.9 Å². The quantitative estimate of drug-likeness (QED) is 0.516. The number of benzene rings is 2. The fraction of sp³-hybridized carbons (Fsp3) is 0.391. The largest absolute Gasteiger partial charge is 0.497 e. The molecule has 0 amide bonds. The number of sulfonamides is 1. The van der Waals surface area contributed by atoms with Crippen LogP contribution in [0.3, 0.4) is 0 Å². The lowest BCUT2D eigenvalue weighted by molar-refractivity contribution is 0.384. The van der Waals surface area contributed by atoms with Gasteiger partial charge in [-0.3, -0.25) is 0 Å². The van der Waals surface area contributed by atoms with Crippen molar-refractivity contribution in [2.24, 2.45) is 0 Å². The van der Waals surface area contributed by atoms with Crippen LogP contribution in [0.1, 0.15) is 25.6 Å². The Labute approximate surface area is 194 Å². The first-order valence-corrected chi connectivity index (χ1v) is 12.2. The lowest BCUT2D eigenvalue weighted by atomic mass is 10.2. The zero-order chi connectivity index (χ0) is 23.6. The molecular weight excluding hydrogens is 444 g/mol. The van der Waals surface area contributed by atoms with E-state index in [0.29, 0.717) is 43.3 Å². The zero-order valence-corrected chi connectivity index (χ0v) is 20.0. The minimum absolute atomic E-state index is 0.0856. The van der Waals surface area contributed by atoms with Crippen molar-refractivity contribution < 1.29 is 22.4 Å². The molecular formula is C23H28N4O5S. The fourth-order valence-corrected chi connectivity index (χ4v) is 5.17. The number of methoxy groups -OCH3 is 2. The number of hydrogen-bond donors (Lipinski definition) is 0. The molecule has 0 N–H and O–H groups in total. The van der Waals surface area contributed by atoms with Gasteiger partial charge < -0.3 is 18.9 Å². The van der Waals surface area contributed by atoms with Crippen molar-refractivity contribution in [1.82, 2.24) is 14.4 Å². The Morgan fingerprint density at radius 2 is 1.67 bits per heavy atom. The van der Waals surface area contributed by atoms with Gasteiger partial charge in [-0.15, -0.1) is 0 Å². The van der Waals surface area contributed by atoms with Crippen molar-refractivity contribution in [3.8, 4) is 23.0 Å². The van der Waals surface area contributed by atoms with Gasteiger partial charge in [-0.05, 0) is 42.5 Å². The van der Waals surface area contributed by atoms with Gasteiger partial charge in [0.25, 0.3) is 5.89 Å². The summed E-state index contributed by atoms with van der Waals surface area (Å²) in [5.41, 5.74) is 1.49. The third kappa shape index (κ3) is 4.67. The first-order chi connectivity index (χ1) is 15.8. The molecule has 10 heteroatoms. The van der Waals surface area contributed by atoms with Crippen LogP contribution in [0.4, 0.5) is 5.69 Å². The fourth-order valence-electron chi connectivity index (χ4n) is 3.72. The maximum absolute atomic E-state index is 13.4. The third-order valence-electron chi connectivity index (χ3n) is 5.67. The molecule has 0 atom stereocenters. The maximum Gasteiger partial charge on any atom is 0.261 e. The Balaban J connectivity index is 1.54. The summed E-state index contributed by atoms with van der Waals surface area (Å²) in [5.74, 6) is 2.13. The van der Waals surface area contributed by atoms with Gasteiger partial charge >= 0.3 is 0 Å². The highest BCUT2D eigenvalue weighted by atomic mass is 32.2. The first kappa shape index (κ1) is 23.1. The van der Waals surface area contributed by atoms with E-state index in [2.05, 4.69) is 15.0 Å². The van der Waals surface area contributed by atoms with Gasteiger partial charge in [-0.25, -0.2) is 8.42 Å². The summed E-state index contributed by atoms with van der Waals surface area (Å²) in [7, 11) is -0.553. The molecule has 0 unspecified atom stereocenters. The number of anilines is 1. The molecule has 0 spiro atoms. The van der Waals surface area contributed by atoms with Crippen LogP contribution in [-0.2, 0) is 10.0 Å². The van der Waals surface area contributed by atoms with Crippen LogP contribution < -0.4 is 14.4 Å². The molecule has 0 radical (unpaired) electrons. The maximum atomic E-state index is 13.4. The van der Waals surface area contributed by atoms with Crippen LogP contribution in [0.2, 0.25) is 0 Å². The highest BCUT2D eigenvalue weighted by Crippen LogP contribution is 2.33. The Morgan fingerprint density at radius 3 is 2.24 bits per heavy atom. The van der Waals surface area contributed by atoms with E-state index >= 15 is 0 Å². The third-order valence-corrected chi connectivity index (χ3v) is 7.57. The molecule has 9 nitrogen and oxygen atoms in total. The van der Waals surface area contributed by atoms with Crippen LogP contribution >= 0.6 is 0 Å². The Bertz CT molecular complexity index is 1200. The van der Waals surface area contributed by atoms with Crippen molar-refractivity contribution in [3.05, 3.63) is 48.3 Å². The monoisotopic (exact) mass is 472 g/mol. The summed E-state index contributed by atoms with van der Waals surface area (Å²) in [6.45, 7) is 5.87. The van der Waals surface area contributed by atoms with Crippen molar-refractivity contribution >= 4 is 15.7 Å². The van der Waals surface area contributed by atoms with Crippen molar-refractivity contribution in [2.45, 2.75) is 24.7 Å². The van der Waals surface area contributed by atoms with Gasteiger partial charge in [0.1, 0.15) is 11.5 Å². The van der Waals surface area contributed by atoms with Crippen molar-refractivity contribution in [2.75, 3.05) is 45.3 Å². The number of aromatic nitrogens is 2. The van der Waals surface area contributed by atoms with Crippen LogP contribution in [0, 0.1) is 0 Å². The summed E-state index contributed by atoms with van der Waals surface area (Å²) in [6.07, 6.45) is 0. The molecule has 3 aromatic rings. The topological polar surface area (TPSA) is 98.0 Å². The number of rotatable bonds is 7. The molecule has 1 aliphatic heterocycles. The molecule has 1 fully saturated rings. The van der Waals surface area contributed by atoms with Crippen molar-refractivity contribution in [3.63, 3.8) is 0 Å². The molecule has 2 heterocycles. The first-order valence-electron chi connectivity index (χ1n) is 10.7. The lowest BCUT2D eigenvalue weighted by Gasteiger charge is -2.35. The van der Waals surface area contributed by atoms with Crippen LogP contribution in [-0.4, -0.2) is 63.3 Å². The van der Waals surface area contributed by atoms with Gasteiger partial charge in [-0.2, -0.15) is 9.29 Å². The predicted molar refractivity (Wildman–Crippen MR) is 124 cm³/mol. The lowest BCUT2D eigenvalue weighted by Crippen LogP contribution is -2.48. The second-order valence-corrected chi connectivity index (χ2v) is 10.0. The standard InChI is InChI=1S/C23H28N4O5S/c1-16(2)22-24-23(32-25-22)20-15-19(9-10-21(20)31-4)33(28,29)27-13-11-26(12-14-27)17-5-7-18(30-3)8-6-17/h5-10,15-16H,11-14H2,1-4H3. The summed E-state index contributed by atoms with van der Waals surface area (Å²) >= 11 is 0. The minimum atomic E-state index is -3.70. The molecule has 1 aromatic heterocycles. The molecule has 33 heavy (non-hydrogen) atoms. The van der Waals surface area contributed by atoms with E-state index in [9.17, 15) is 8.42 Å². The van der Waals surface area contributed by atoms with Gasteiger partial charge in [0.2, 0.25) is 10.0 Å². The SMILES string of the molecule is COc1ccc(N2CCN(S(=O)(=O)c3ccc(OC)c(-c4nc(C(C)C)no4)c3)CC2)cc1. The molecule has 1 saturated heterocycles. The number of hydrogen-bond acceptors (Lipinski definition) is 8. The van der Waals surface area contributed by atoms with Crippen LogP contribution in [0.25, 0.3) is 11.5 Å². The van der Waals surface area contributed by atoms with Gasteiger partial charge in [0.05, 0.1) is 24.7 Å². The van der Waals surface area contributed by atoms with Gasteiger partial charge in [-0.1, -0.05) is 19.0 Å². The van der Waals surface area contributed by atoms with E-state index in [1.165, 1.54) is 11.4 Å². The second kappa shape index (κ2) is 9.40. The molecule has 1 aliphatic rings. The second-order valence-electron chi connectivity index (χ2n) is 8.06. The highest BCUT2D eigenvalue weighted by molar-refractivity contribution is 7.89. The molecule has 0 saturated carbocycles. The van der Waals surface area contributed by atoms with E-state index in [1.807, 2.05) is 38.1 Å². The molecule has 0 aliphatic carbocycles. The van der Waals surface area contributed by atoms with E-state index in [4.69, 9.17) is 14.0 Å². The Morgan fingerprint density at radius 1 is 0.970 bits per heavy atom. The summed E-state index contributed by atoms with van der Waals surface area (Å²) in [4.78, 5) is 6.73. The average Bonchev–Trinajstić information content (AvgIpc) is 3.34. The summed E-state index contributed by atoms with van der Waals surface area (Å²) in [5, 5.41) is 3.98. The van der Waals surface area contributed by atoms with E-state index < -0.39 is 10.0 Å². The van der Waals surface area contributed by atoms with Crippen LogP contribution in [0.5, 0.6) is 11.5 Å². The number of ether oxygens (including phenoxy) is 2. The molecule has 0 bridgehead atoms. The van der Waals surface area contributed by atoms with E-state index in [1.54, 1.807) is 25.3 Å². The molecule has 2 aromatic carbocycles. The van der Waals surface area contributed by atoms with Gasteiger partial charge in [0.15, 0.2) is 5.82 Å². The Kier molecular flexibility index (Phi) is 6.57. The van der Waals surface area contributed by atoms with E-state index in [-0.39, 0.29) is 16.7 Å². The number of nitrogens with zero attached hydrogens (tertiary/aromatic N) is 4. The summed E-state index contributed by atoms with van der Waals surface area (Å²) in [6, 6.07) is 12.5. The smallest absolute Gasteiger partial charge is 0.261 e. The van der Waals surface area contributed by atoms with Crippen molar-refractivity contribution in [1.29, 1.82) is 0 Å². The Hall–Kier alpha value is -3.11. The minimum Gasteiger partial charge on any atom is -0.497 e. The molecule has 4 rings (SSSR count). The van der Waals surface area contributed by atoms with Gasteiger partial charge in [0, 0.05) is 37.8 Å².